The monoisotopic (exact) mass is 197 g/mol. The first kappa shape index (κ1) is 9.99. The third kappa shape index (κ3) is 2.70. The molecule has 0 heterocycles. The molecule has 4 nitrogen and oxygen atoms in total. The minimum atomic E-state index is 0.532. The fourth-order valence-corrected chi connectivity index (χ4v) is 1.25. The minimum absolute atomic E-state index is 0.532. The Balaban J connectivity index is 2.82. The average molecular weight is 197 g/mol. The predicted molar refractivity (Wildman–Crippen MR) is 49.9 cm³/mol. The van der Waals surface area contributed by atoms with Crippen molar-refractivity contribution in [2.45, 2.75) is 11.8 Å². The van der Waals surface area contributed by atoms with Gasteiger partial charge in [0.25, 0.3) is 0 Å². The second kappa shape index (κ2) is 4.82. The topological polar surface area (TPSA) is 46.6 Å². The van der Waals surface area contributed by atoms with Gasteiger partial charge < -0.3 is 0 Å². The fourth-order valence-electron chi connectivity index (χ4n) is 0.822. The third-order valence-corrected chi connectivity index (χ3v) is 2.14. The molecule has 0 fully saturated rings. The number of diazo groups is 1. The Bertz CT molecular complexity index is 335. The molecule has 1 aromatic rings. The number of benzene rings is 1. The molecular formula is C8H9N2O2S+. The van der Waals surface area contributed by atoms with E-state index in [0.717, 1.165) is 22.5 Å². The molecule has 0 aliphatic heterocycles. The van der Waals surface area contributed by atoms with Gasteiger partial charge in [0.2, 0.25) is 5.39 Å². The van der Waals surface area contributed by atoms with E-state index in [1.165, 1.54) is 7.11 Å². The predicted octanol–water partition coefficient (Wildman–Crippen LogP) is 3.06. The Morgan fingerprint density at radius 3 is 2.85 bits per heavy atom. The van der Waals surface area contributed by atoms with Crippen LogP contribution < -0.4 is 0 Å². The number of nitrogens with zero attached hydrogens (tertiary/aromatic N) is 2. The van der Waals surface area contributed by atoms with Crippen LogP contribution in [0.25, 0.3) is 4.98 Å². The summed E-state index contributed by atoms with van der Waals surface area (Å²) in [5.74, 6) is 0. The van der Waals surface area contributed by atoms with Crippen LogP contribution in [0.2, 0.25) is 0 Å². The maximum atomic E-state index is 8.61. The first-order chi connectivity index (χ1) is 6.27. The van der Waals surface area contributed by atoms with Crippen molar-refractivity contribution < 1.29 is 9.22 Å². The van der Waals surface area contributed by atoms with Gasteiger partial charge in [-0.1, -0.05) is 6.07 Å². The highest BCUT2D eigenvalue weighted by atomic mass is 32.2. The lowest BCUT2D eigenvalue weighted by Crippen LogP contribution is -1.79. The van der Waals surface area contributed by atoms with Crippen LogP contribution in [0.3, 0.4) is 0 Å². The molecule has 0 aliphatic carbocycles. The van der Waals surface area contributed by atoms with Crippen LogP contribution in [-0.2, 0) is 9.22 Å². The summed E-state index contributed by atoms with van der Waals surface area (Å²) in [7, 11) is 1.43. The molecule has 0 amide bonds. The molecule has 0 unspecified atom stereocenters. The minimum Gasteiger partial charge on any atom is -0.227 e. The molecule has 0 saturated carbocycles. The summed E-state index contributed by atoms with van der Waals surface area (Å²) in [4.78, 5) is 8.37. The molecular weight excluding hydrogens is 188 g/mol. The molecule has 0 atom stereocenters. The van der Waals surface area contributed by atoms with Crippen LogP contribution in [0.4, 0.5) is 5.69 Å². The smallest absolute Gasteiger partial charge is 0.227 e. The van der Waals surface area contributed by atoms with Crippen LogP contribution in [-0.4, -0.2) is 7.11 Å². The standard InChI is InChI=1S/C8H9N2O2S/c1-6-3-4-7(13-12-11-2)5-8(6)10-9/h3-5H,1-2H3/q+1. The van der Waals surface area contributed by atoms with Crippen LogP contribution in [0.5, 0.6) is 0 Å². The lowest BCUT2D eigenvalue weighted by Gasteiger charge is -1.96. The molecule has 13 heavy (non-hydrogen) atoms. The second-order valence-corrected chi connectivity index (χ2v) is 3.14. The molecule has 0 bridgehead atoms. The SMILES string of the molecule is COOSc1ccc(C)c([N+]#N)c1. The maximum absolute atomic E-state index is 8.61. The van der Waals surface area contributed by atoms with Gasteiger partial charge in [0.15, 0.2) is 4.98 Å². The summed E-state index contributed by atoms with van der Waals surface area (Å²) in [5.41, 5.74) is 1.44. The lowest BCUT2D eigenvalue weighted by molar-refractivity contribution is -0.160. The van der Waals surface area contributed by atoms with E-state index < -0.39 is 0 Å². The number of hydrogen-bond acceptors (Lipinski definition) is 4. The van der Waals surface area contributed by atoms with E-state index in [1.54, 1.807) is 6.07 Å². The number of rotatable bonds is 3. The van der Waals surface area contributed by atoms with Crippen molar-refractivity contribution in [1.29, 1.82) is 5.39 Å². The lowest BCUT2D eigenvalue weighted by atomic mass is 10.2. The van der Waals surface area contributed by atoms with Crippen LogP contribution in [0.1, 0.15) is 5.56 Å². The molecule has 0 radical (unpaired) electrons. The van der Waals surface area contributed by atoms with E-state index in [1.807, 2.05) is 19.1 Å². The van der Waals surface area contributed by atoms with Gasteiger partial charge in [0, 0.05) is 16.5 Å². The van der Waals surface area contributed by atoms with E-state index in [9.17, 15) is 0 Å². The molecule has 5 heteroatoms. The first-order valence-corrected chi connectivity index (χ1v) is 4.35. The van der Waals surface area contributed by atoms with Crippen molar-refractivity contribution in [2.75, 3.05) is 7.11 Å². The summed E-state index contributed by atoms with van der Waals surface area (Å²) >= 11 is 1.07. The van der Waals surface area contributed by atoms with Crippen LogP contribution in [0.15, 0.2) is 23.1 Å². The van der Waals surface area contributed by atoms with Crippen molar-refractivity contribution in [3.63, 3.8) is 0 Å². The highest BCUT2D eigenvalue weighted by Gasteiger charge is 2.10. The highest BCUT2D eigenvalue weighted by molar-refractivity contribution is 7.94. The zero-order valence-corrected chi connectivity index (χ0v) is 8.17. The van der Waals surface area contributed by atoms with E-state index in [0.29, 0.717) is 5.69 Å². The van der Waals surface area contributed by atoms with Gasteiger partial charge in [-0.05, 0) is 13.0 Å². The van der Waals surface area contributed by atoms with Gasteiger partial charge in [0.1, 0.15) is 0 Å². The van der Waals surface area contributed by atoms with Gasteiger partial charge in [0.05, 0.1) is 19.2 Å². The van der Waals surface area contributed by atoms with Gasteiger partial charge in [-0.15, -0.1) is 0 Å². The summed E-state index contributed by atoms with van der Waals surface area (Å²) in [6.07, 6.45) is 0. The summed E-state index contributed by atoms with van der Waals surface area (Å²) in [5, 5.41) is 8.61. The molecule has 68 valence electrons. The summed E-state index contributed by atoms with van der Waals surface area (Å²) in [6.45, 7) is 1.86. The summed E-state index contributed by atoms with van der Waals surface area (Å²) < 4.78 is 4.65. The third-order valence-electron chi connectivity index (χ3n) is 1.49. The van der Waals surface area contributed by atoms with Gasteiger partial charge >= 0.3 is 5.69 Å². The Morgan fingerprint density at radius 1 is 1.46 bits per heavy atom. The zero-order chi connectivity index (χ0) is 9.68. The largest absolute Gasteiger partial charge is 0.389 e. The van der Waals surface area contributed by atoms with E-state index >= 15 is 0 Å². The van der Waals surface area contributed by atoms with Crippen molar-refractivity contribution in [2.24, 2.45) is 0 Å². The highest BCUT2D eigenvalue weighted by Crippen LogP contribution is 2.26. The Hall–Kier alpha value is -1.09. The Morgan fingerprint density at radius 2 is 2.23 bits per heavy atom. The van der Waals surface area contributed by atoms with Crippen molar-refractivity contribution in [3.8, 4) is 0 Å². The molecule has 0 aromatic heterocycles. The number of aryl methyl sites for hydroxylation is 1. The van der Waals surface area contributed by atoms with Crippen molar-refractivity contribution in [3.05, 3.63) is 28.7 Å². The van der Waals surface area contributed by atoms with Gasteiger partial charge in [-0.3, -0.25) is 0 Å². The molecule has 1 aromatic carbocycles. The van der Waals surface area contributed by atoms with Gasteiger partial charge in [-0.2, -0.15) is 4.33 Å². The average Bonchev–Trinajstić information content (AvgIpc) is 2.16. The zero-order valence-electron chi connectivity index (χ0n) is 7.35. The van der Waals surface area contributed by atoms with Crippen molar-refractivity contribution >= 4 is 17.7 Å². The second-order valence-electron chi connectivity index (χ2n) is 2.37. The molecule has 0 N–H and O–H groups in total. The molecule has 0 saturated heterocycles. The van der Waals surface area contributed by atoms with E-state index in [2.05, 4.69) is 14.2 Å². The van der Waals surface area contributed by atoms with E-state index in [-0.39, 0.29) is 0 Å². The van der Waals surface area contributed by atoms with Crippen molar-refractivity contribution in [1.82, 2.24) is 0 Å². The first-order valence-electron chi connectivity index (χ1n) is 3.61. The van der Waals surface area contributed by atoms with Gasteiger partial charge in [-0.25, -0.2) is 4.89 Å². The van der Waals surface area contributed by atoms with E-state index in [4.69, 9.17) is 5.39 Å². The molecule has 0 aliphatic rings. The Labute approximate surface area is 80.6 Å². The van der Waals surface area contributed by atoms with Crippen LogP contribution in [0, 0.1) is 12.3 Å². The Kier molecular flexibility index (Phi) is 3.71. The fraction of sp³-hybridized carbons (Fsp3) is 0.250. The molecule has 1 rings (SSSR count). The number of hydrogen-bond donors (Lipinski definition) is 0. The summed E-state index contributed by atoms with van der Waals surface area (Å²) in [6, 6.07) is 5.41. The van der Waals surface area contributed by atoms with Crippen LogP contribution >= 0.6 is 12.0 Å². The molecule has 0 spiro atoms. The maximum Gasteiger partial charge on any atom is 0.389 e. The normalized spacial score (nSPS) is 9.62. The quantitative estimate of drug-likeness (QED) is 0.323.